The van der Waals surface area contributed by atoms with E-state index in [1.807, 2.05) is 67.5 Å². The van der Waals surface area contributed by atoms with Crippen molar-refractivity contribution in [2.75, 3.05) is 0 Å². The van der Waals surface area contributed by atoms with Gasteiger partial charge in [0.15, 0.2) is 11.9 Å². The number of rotatable bonds is 15. The van der Waals surface area contributed by atoms with Crippen LogP contribution in [-0.4, -0.2) is 93.4 Å². The fraction of sp³-hybridized carbons (Fsp3) is 0.894. The van der Waals surface area contributed by atoms with Crippen LogP contribution in [0.25, 0.3) is 0 Å². The molecular formula is C47H77NaO12. The average molecular weight is 857 g/mol. The van der Waals surface area contributed by atoms with Gasteiger partial charge in [-0.1, -0.05) is 69.2 Å². The summed E-state index contributed by atoms with van der Waals surface area (Å²) in [5.74, 6) is -6.77. The number of hydrogen-bond acceptors (Lipinski definition) is 12. The summed E-state index contributed by atoms with van der Waals surface area (Å²) in [4.78, 5) is 39.7. The molecule has 0 saturated carbocycles. The van der Waals surface area contributed by atoms with Crippen molar-refractivity contribution >= 4 is 17.7 Å². The smallest absolute Gasteiger partial charge is 0.550 e. The van der Waals surface area contributed by atoms with Crippen LogP contribution in [0.2, 0.25) is 0 Å². The zero-order valence-corrected chi connectivity index (χ0v) is 41.1. The number of carboxylic acids is 1. The minimum absolute atomic E-state index is 0. The van der Waals surface area contributed by atoms with Crippen molar-refractivity contribution in [3.63, 3.8) is 0 Å². The van der Waals surface area contributed by atoms with Crippen molar-refractivity contribution in [3.05, 3.63) is 12.2 Å². The number of ketones is 1. The fourth-order valence-corrected chi connectivity index (χ4v) is 11.1. The molecule has 60 heavy (non-hydrogen) atoms. The van der Waals surface area contributed by atoms with Gasteiger partial charge in [0.05, 0.1) is 47.8 Å². The second-order valence-corrected chi connectivity index (χ2v) is 20.0. The van der Waals surface area contributed by atoms with Gasteiger partial charge in [0.25, 0.3) is 0 Å². The monoisotopic (exact) mass is 857 g/mol. The zero-order valence-electron chi connectivity index (χ0n) is 39.1. The largest absolute Gasteiger partial charge is 1.00 e. The first-order valence-electron chi connectivity index (χ1n) is 23.0. The van der Waals surface area contributed by atoms with E-state index < -0.39 is 89.0 Å². The number of carbonyl (C=O) groups is 3. The van der Waals surface area contributed by atoms with E-state index in [9.17, 15) is 29.7 Å². The Morgan fingerprint density at radius 2 is 1.55 bits per heavy atom. The molecule has 5 rings (SSSR count). The molecule has 5 aliphatic rings. The van der Waals surface area contributed by atoms with Gasteiger partial charge in [-0.15, -0.1) is 0 Å². The summed E-state index contributed by atoms with van der Waals surface area (Å²) < 4.78 is 40.4. The summed E-state index contributed by atoms with van der Waals surface area (Å²) in [6, 6.07) is 0. The molecular weight excluding hydrogens is 779 g/mol. The molecule has 338 valence electrons. The van der Waals surface area contributed by atoms with Crippen LogP contribution >= 0.6 is 0 Å². The standard InChI is InChI=1S/C47H78O12.Na/c1-13-33(43(51)52)35-17-16-27(6)41(55-35)31(10)39(49)30(9)40(50)34(14-2)42-28(7)25-29(8)46(57-42)21-19-37(56-38(48)24-26(4)5)47(59-46)23-22-44(12,58-47)36-18-20-45(53,15-3)32(11)54-36;/h19,21,26-37,39,41-42,49,53H,13-18,20,22-25H2,1-12H3,(H,51,52);/q;+1/p-1/t27-,28-,29+,30-,31-,32-,33+,34-,35+,36+,37-,39+,41+,42-,44-,45+,46-,47-;/m0./s1. The Balaban J connectivity index is 0.00000794. The molecule has 5 aliphatic heterocycles. The molecule has 4 fully saturated rings. The van der Waals surface area contributed by atoms with E-state index in [0.29, 0.717) is 57.8 Å². The van der Waals surface area contributed by atoms with Crippen LogP contribution in [0.3, 0.4) is 0 Å². The number of carboxylic acid groups (broad SMARTS) is 1. The Morgan fingerprint density at radius 1 is 0.883 bits per heavy atom. The third kappa shape index (κ3) is 10.4. The molecule has 0 bridgehead atoms. The number of aliphatic hydroxyl groups excluding tert-OH is 1. The molecule has 4 saturated heterocycles. The molecule has 0 aromatic carbocycles. The van der Waals surface area contributed by atoms with Crippen molar-refractivity contribution in [3.8, 4) is 0 Å². The number of hydrogen-bond donors (Lipinski definition) is 2. The van der Waals surface area contributed by atoms with E-state index in [4.69, 9.17) is 28.4 Å². The van der Waals surface area contributed by atoms with Crippen molar-refractivity contribution in [1.82, 2.24) is 0 Å². The number of esters is 1. The minimum Gasteiger partial charge on any atom is -0.550 e. The maximum absolute atomic E-state index is 14.6. The summed E-state index contributed by atoms with van der Waals surface area (Å²) >= 11 is 0. The zero-order chi connectivity index (χ0) is 43.8. The van der Waals surface area contributed by atoms with Gasteiger partial charge in [0.2, 0.25) is 5.79 Å². The Bertz CT molecular complexity index is 1510. The van der Waals surface area contributed by atoms with E-state index >= 15 is 0 Å². The molecule has 5 heterocycles. The van der Waals surface area contributed by atoms with E-state index in [-0.39, 0.29) is 77.5 Å². The number of carbonyl (C=O) groups excluding carboxylic acids is 3. The van der Waals surface area contributed by atoms with Crippen molar-refractivity contribution in [2.45, 2.75) is 219 Å². The molecule has 0 amide bonds. The van der Waals surface area contributed by atoms with Gasteiger partial charge in [-0.2, -0.15) is 0 Å². The summed E-state index contributed by atoms with van der Waals surface area (Å²) in [6.45, 7) is 23.5. The Hall–Kier alpha value is -0.930. The van der Waals surface area contributed by atoms with Crippen LogP contribution < -0.4 is 34.7 Å². The molecule has 12 nitrogen and oxygen atoms in total. The molecule has 0 radical (unpaired) electrons. The van der Waals surface area contributed by atoms with Crippen molar-refractivity contribution in [2.24, 2.45) is 47.3 Å². The molecule has 18 atom stereocenters. The van der Waals surface area contributed by atoms with Gasteiger partial charge in [-0.3, -0.25) is 9.59 Å². The van der Waals surface area contributed by atoms with E-state index in [2.05, 4.69) is 20.8 Å². The second kappa shape index (κ2) is 20.5. The van der Waals surface area contributed by atoms with E-state index in [1.165, 1.54) is 0 Å². The van der Waals surface area contributed by atoms with E-state index in [1.54, 1.807) is 6.92 Å². The molecule has 2 spiro atoms. The number of aliphatic carboxylic acids is 1. The Labute approximate surface area is 382 Å². The molecule has 13 heteroatoms. The third-order valence-electron chi connectivity index (χ3n) is 15.2. The summed E-state index contributed by atoms with van der Waals surface area (Å²) in [7, 11) is 0. The normalized spacial score (nSPS) is 42.0. The van der Waals surface area contributed by atoms with Gasteiger partial charge in [-0.05, 0) is 102 Å². The van der Waals surface area contributed by atoms with Crippen LogP contribution in [-0.2, 0) is 42.8 Å². The summed E-state index contributed by atoms with van der Waals surface area (Å²) in [5.41, 5.74) is -1.72. The molecule has 0 aliphatic carbocycles. The number of ether oxygens (including phenoxy) is 6. The van der Waals surface area contributed by atoms with Crippen LogP contribution in [0.4, 0.5) is 0 Å². The second-order valence-electron chi connectivity index (χ2n) is 20.0. The number of aliphatic hydroxyl groups is 2. The SMILES string of the molecule is CC[C@@H](C(=O)[C@@H](C)[C@@H](O)[C@H](C)[C@@H]1O[C@@H]([C@@H](CC)C(=O)[O-])CC[C@@H]1C)[C@H]1O[C@]2(C=C[C@H](OC(=O)CC(C)C)[C@]3(CC[C@@](C)([C@H]4CC[C@](O)(CC)[C@H](C)O4)O3)O2)[C@H](C)C[C@@H]1C.[Na+]. The summed E-state index contributed by atoms with van der Waals surface area (Å²) in [5, 5.41) is 34.9. The van der Waals surface area contributed by atoms with Gasteiger partial charge < -0.3 is 48.5 Å². The van der Waals surface area contributed by atoms with Crippen LogP contribution in [0.5, 0.6) is 0 Å². The predicted octanol–water partition coefficient (Wildman–Crippen LogP) is 3.45. The molecule has 2 N–H and O–H groups in total. The van der Waals surface area contributed by atoms with Gasteiger partial charge in [0, 0.05) is 48.4 Å². The van der Waals surface area contributed by atoms with Gasteiger partial charge in [0.1, 0.15) is 5.78 Å². The third-order valence-corrected chi connectivity index (χ3v) is 15.2. The molecule has 0 unspecified atom stereocenters. The number of Topliss-reactive ketones (excluding diaryl/α,β-unsaturated/α-hetero) is 1. The molecule has 0 aromatic rings. The van der Waals surface area contributed by atoms with Gasteiger partial charge >= 0.3 is 35.5 Å². The van der Waals surface area contributed by atoms with Crippen LogP contribution in [0, 0.1) is 47.3 Å². The van der Waals surface area contributed by atoms with E-state index in [0.717, 1.165) is 6.42 Å². The van der Waals surface area contributed by atoms with Crippen molar-refractivity contribution < 1.29 is 87.7 Å². The first kappa shape index (κ1) is 51.7. The Kier molecular flexibility index (Phi) is 17.7. The minimum atomic E-state index is -1.40. The molecule has 0 aromatic heterocycles. The predicted molar refractivity (Wildman–Crippen MR) is 219 cm³/mol. The van der Waals surface area contributed by atoms with Crippen molar-refractivity contribution in [1.29, 1.82) is 0 Å². The summed E-state index contributed by atoms with van der Waals surface area (Å²) in [6.07, 6.45) is 5.49. The Morgan fingerprint density at radius 3 is 2.13 bits per heavy atom. The van der Waals surface area contributed by atoms with Gasteiger partial charge in [-0.25, -0.2) is 0 Å². The quantitative estimate of drug-likeness (QED) is 0.140. The van der Waals surface area contributed by atoms with Crippen LogP contribution in [0.15, 0.2) is 12.2 Å². The first-order valence-corrected chi connectivity index (χ1v) is 23.0. The van der Waals surface area contributed by atoms with Crippen LogP contribution in [0.1, 0.15) is 154 Å². The average Bonchev–Trinajstić information content (AvgIpc) is 3.52. The maximum Gasteiger partial charge on any atom is 1.00 e. The first-order chi connectivity index (χ1) is 27.6. The maximum atomic E-state index is 14.6. The topological polar surface area (TPSA) is 170 Å². The fourth-order valence-electron chi connectivity index (χ4n) is 11.1.